The van der Waals surface area contributed by atoms with Crippen LogP contribution in [0.15, 0.2) is 21.9 Å². The fraction of sp³-hybridized carbons (Fsp3) is 0.167. The van der Waals surface area contributed by atoms with E-state index >= 15 is 0 Å². The van der Waals surface area contributed by atoms with Crippen molar-refractivity contribution in [1.29, 1.82) is 5.26 Å². The minimum Gasteiger partial charge on any atom is -0.314 e. The van der Waals surface area contributed by atoms with Crippen molar-refractivity contribution in [3.05, 3.63) is 33.1 Å². The lowest BCUT2D eigenvalue weighted by Crippen LogP contribution is -2.33. The molecule has 0 bridgehead atoms. The summed E-state index contributed by atoms with van der Waals surface area (Å²) in [6.07, 6.45) is 1.25. The number of aromatic amines is 1. The summed E-state index contributed by atoms with van der Waals surface area (Å²) in [6, 6.07) is 2.90. The Labute approximate surface area is 61.5 Å². The Morgan fingerprint density at radius 2 is 2.36 bits per heavy atom. The highest BCUT2D eigenvalue weighted by molar-refractivity contribution is 4.85. The van der Waals surface area contributed by atoms with Crippen molar-refractivity contribution in [3.8, 4) is 6.07 Å². The van der Waals surface area contributed by atoms with Crippen molar-refractivity contribution in [2.45, 2.75) is 6.54 Å². The number of rotatable bonds is 1. The maximum absolute atomic E-state index is 10.8. The molecule has 0 saturated heterocycles. The number of hydrogen-bond acceptors (Lipinski definition) is 3. The molecular formula is C6H5N3O2. The van der Waals surface area contributed by atoms with E-state index in [4.69, 9.17) is 5.26 Å². The molecule has 5 nitrogen and oxygen atoms in total. The number of hydrogen-bond donors (Lipinski definition) is 1. The number of nitrogens with zero attached hydrogens (tertiary/aromatic N) is 2. The van der Waals surface area contributed by atoms with E-state index in [0.29, 0.717) is 0 Å². The van der Waals surface area contributed by atoms with Gasteiger partial charge in [0.05, 0.1) is 6.07 Å². The van der Waals surface area contributed by atoms with Crippen LogP contribution in [0.4, 0.5) is 0 Å². The summed E-state index contributed by atoms with van der Waals surface area (Å²) in [4.78, 5) is 23.9. The average molecular weight is 151 g/mol. The van der Waals surface area contributed by atoms with E-state index in [1.807, 2.05) is 0 Å². The van der Waals surface area contributed by atoms with Crippen LogP contribution in [0.5, 0.6) is 0 Å². The van der Waals surface area contributed by atoms with Crippen molar-refractivity contribution in [1.82, 2.24) is 9.55 Å². The molecule has 5 heteroatoms. The summed E-state index contributed by atoms with van der Waals surface area (Å²) in [7, 11) is 0. The summed E-state index contributed by atoms with van der Waals surface area (Å²) in [5.41, 5.74) is -1.02. The second kappa shape index (κ2) is 2.84. The Hall–Kier alpha value is -1.83. The molecule has 0 amide bonds. The molecule has 0 fully saturated rings. The van der Waals surface area contributed by atoms with Gasteiger partial charge in [0.25, 0.3) is 5.56 Å². The molecule has 0 aliphatic rings. The lowest BCUT2D eigenvalue weighted by atomic mass is 10.6. The van der Waals surface area contributed by atoms with E-state index < -0.39 is 11.2 Å². The van der Waals surface area contributed by atoms with Gasteiger partial charge in [-0.2, -0.15) is 5.26 Å². The Kier molecular flexibility index (Phi) is 1.88. The highest BCUT2D eigenvalue weighted by Crippen LogP contribution is 1.67. The quantitative estimate of drug-likeness (QED) is 0.562. The second-order valence-corrected chi connectivity index (χ2v) is 1.87. The third kappa shape index (κ3) is 1.35. The summed E-state index contributed by atoms with van der Waals surface area (Å²) >= 11 is 0. The van der Waals surface area contributed by atoms with Crippen molar-refractivity contribution in [2.75, 3.05) is 0 Å². The van der Waals surface area contributed by atoms with E-state index in [1.54, 1.807) is 6.07 Å². The number of nitriles is 1. The third-order valence-corrected chi connectivity index (χ3v) is 1.17. The fourth-order valence-electron chi connectivity index (χ4n) is 0.673. The highest BCUT2D eigenvalue weighted by atomic mass is 16.2. The lowest BCUT2D eigenvalue weighted by Gasteiger charge is -1.93. The van der Waals surface area contributed by atoms with E-state index in [-0.39, 0.29) is 6.54 Å². The Bertz CT molecular complexity index is 367. The van der Waals surface area contributed by atoms with Crippen LogP contribution in [0.1, 0.15) is 0 Å². The minimum absolute atomic E-state index is 0.213. The van der Waals surface area contributed by atoms with Gasteiger partial charge in [0.2, 0.25) is 0 Å². The molecule has 11 heavy (non-hydrogen) atoms. The van der Waals surface area contributed by atoms with Gasteiger partial charge in [-0.25, -0.2) is 9.36 Å². The van der Waals surface area contributed by atoms with Crippen molar-refractivity contribution < 1.29 is 0 Å². The largest absolute Gasteiger partial charge is 0.329 e. The highest BCUT2D eigenvalue weighted by Gasteiger charge is 1.96. The van der Waals surface area contributed by atoms with Crippen LogP contribution in [-0.4, -0.2) is 9.55 Å². The molecule has 0 aliphatic heterocycles. The SMILES string of the molecule is N#CCn1c(=O)cc[nH]c1=O. The summed E-state index contributed by atoms with van der Waals surface area (Å²) in [6.45, 7) is -0.213. The van der Waals surface area contributed by atoms with Crippen LogP contribution in [0, 0.1) is 11.3 Å². The molecule has 1 heterocycles. The first-order valence-corrected chi connectivity index (χ1v) is 2.91. The van der Waals surface area contributed by atoms with E-state index in [9.17, 15) is 9.59 Å². The van der Waals surface area contributed by atoms with Crippen LogP contribution >= 0.6 is 0 Å². The fourth-order valence-corrected chi connectivity index (χ4v) is 0.673. The van der Waals surface area contributed by atoms with Gasteiger partial charge in [0, 0.05) is 12.3 Å². The monoisotopic (exact) mass is 151 g/mol. The topological polar surface area (TPSA) is 78.7 Å². The summed E-state index contributed by atoms with van der Waals surface area (Å²) in [5.74, 6) is 0. The standard InChI is InChI=1S/C6H5N3O2/c7-2-4-9-5(10)1-3-8-6(9)11/h1,3H,4H2,(H,8,11). The predicted molar refractivity (Wildman–Crippen MR) is 36.9 cm³/mol. The third-order valence-electron chi connectivity index (χ3n) is 1.17. The zero-order valence-electron chi connectivity index (χ0n) is 5.57. The first-order chi connectivity index (χ1) is 5.25. The molecule has 1 aromatic rings. The minimum atomic E-state index is -0.556. The van der Waals surface area contributed by atoms with Crippen molar-refractivity contribution >= 4 is 0 Å². The number of nitrogens with one attached hydrogen (secondary N) is 1. The molecule has 56 valence electrons. The van der Waals surface area contributed by atoms with E-state index in [1.165, 1.54) is 12.3 Å². The van der Waals surface area contributed by atoms with Gasteiger partial charge in [0.1, 0.15) is 6.54 Å². The van der Waals surface area contributed by atoms with Gasteiger partial charge in [-0.15, -0.1) is 0 Å². The molecule has 0 unspecified atom stereocenters. The van der Waals surface area contributed by atoms with Crippen LogP contribution in [0.2, 0.25) is 0 Å². The van der Waals surface area contributed by atoms with Crippen molar-refractivity contribution in [3.63, 3.8) is 0 Å². The Balaban J connectivity index is 3.36. The van der Waals surface area contributed by atoms with E-state index in [2.05, 4.69) is 4.98 Å². The normalized spacial score (nSPS) is 9.00. The molecule has 0 atom stereocenters. The van der Waals surface area contributed by atoms with Gasteiger partial charge in [-0.05, 0) is 0 Å². The van der Waals surface area contributed by atoms with Gasteiger partial charge in [-0.3, -0.25) is 4.79 Å². The Morgan fingerprint density at radius 3 is 2.91 bits per heavy atom. The molecule has 1 rings (SSSR count). The van der Waals surface area contributed by atoms with Crippen LogP contribution < -0.4 is 11.2 Å². The Morgan fingerprint density at radius 1 is 1.64 bits per heavy atom. The molecule has 0 aliphatic carbocycles. The van der Waals surface area contributed by atoms with Gasteiger partial charge in [0.15, 0.2) is 0 Å². The second-order valence-electron chi connectivity index (χ2n) is 1.87. The molecule has 1 aromatic heterocycles. The number of aromatic nitrogens is 2. The first-order valence-electron chi connectivity index (χ1n) is 2.91. The molecule has 0 aromatic carbocycles. The number of H-pyrrole nitrogens is 1. The molecular weight excluding hydrogens is 146 g/mol. The molecule has 0 radical (unpaired) electrons. The molecule has 0 spiro atoms. The summed E-state index contributed by atoms with van der Waals surface area (Å²) in [5, 5.41) is 8.21. The maximum atomic E-state index is 10.8. The lowest BCUT2D eigenvalue weighted by molar-refractivity contribution is 0.721. The average Bonchev–Trinajstić information content (AvgIpc) is 1.97. The van der Waals surface area contributed by atoms with Gasteiger partial charge < -0.3 is 4.98 Å². The van der Waals surface area contributed by atoms with Crippen LogP contribution in [-0.2, 0) is 6.54 Å². The van der Waals surface area contributed by atoms with Crippen LogP contribution in [0.25, 0.3) is 0 Å². The van der Waals surface area contributed by atoms with E-state index in [0.717, 1.165) is 4.57 Å². The smallest absolute Gasteiger partial charge is 0.314 e. The maximum Gasteiger partial charge on any atom is 0.329 e. The first kappa shape index (κ1) is 7.28. The summed E-state index contributed by atoms with van der Waals surface area (Å²) < 4.78 is 0.819. The van der Waals surface area contributed by atoms with Gasteiger partial charge in [-0.1, -0.05) is 0 Å². The predicted octanol–water partition coefficient (Wildman–Crippen LogP) is -0.940. The molecule has 1 N–H and O–H groups in total. The van der Waals surface area contributed by atoms with Gasteiger partial charge >= 0.3 is 5.69 Å². The zero-order valence-corrected chi connectivity index (χ0v) is 5.57. The zero-order chi connectivity index (χ0) is 8.27. The van der Waals surface area contributed by atoms with Crippen LogP contribution in [0.3, 0.4) is 0 Å². The van der Waals surface area contributed by atoms with Crippen molar-refractivity contribution in [2.24, 2.45) is 0 Å². The molecule has 0 saturated carbocycles.